The lowest BCUT2D eigenvalue weighted by Gasteiger charge is -2.22. The maximum Gasteiger partial charge on any atom is 0.0541 e. The van der Waals surface area contributed by atoms with E-state index in [0.717, 1.165) is 11.4 Å². The van der Waals surface area contributed by atoms with Gasteiger partial charge in [0.15, 0.2) is 0 Å². The zero-order valence-corrected chi connectivity index (χ0v) is 36.0. The average molecular weight is 837 g/mol. The van der Waals surface area contributed by atoms with Crippen molar-refractivity contribution in [2.45, 2.75) is 0 Å². The van der Waals surface area contributed by atoms with Crippen molar-refractivity contribution in [3.63, 3.8) is 0 Å². The van der Waals surface area contributed by atoms with Gasteiger partial charge in [-0.25, -0.2) is 0 Å². The SMILES string of the molecule is c1ccc(-c2ccc(-c3c4ccc(-n5c6ccccc6c6ccccc65)cc4c(-c4ccc5ccccc5c4)c4ccc(-n5c6ccccc6c6ccccc65)cc34)c3ccccc23)cc1. The molecular weight excluding hydrogens is 797 g/mol. The molecular formula is C64H40N2. The van der Waals surface area contributed by atoms with E-state index < -0.39 is 0 Å². The normalized spacial score (nSPS) is 11.9. The lowest BCUT2D eigenvalue weighted by molar-refractivity contribution is 1.18. The molecule has 0 radical (unpaired) electrons. The van der Waals surface area contributed by atoms with Crippen LogP contribution in [0, 0.1) is 0 Å². The summed E-state index contributed by atoms with van der Waals surface area (Å²) in [4.78, 5) is 0. The highest BCUT2D eigenvalue weighted by Crippen LogP contribution is 2.49. The molecule has 0 atom stereocenters. The van der Waals surface area contributed by atoms with Crippen LogP contribution in [0.25, 0.3) is 131 Å². The fourth-order valence-electron chi connectivity index (χ4n) is 11.2. The lowest BCUT2D eigenvalue weighted by Crippen LogP contribution is -1.98. The predicted octanol–water partition coefficient (Wildman–Crippen LogP) is 17.5. The second kappa shape index (κ2) is 14.4. The van der Waals surface area contributed by atoms with Gasteiger partial charge in [-0.05, 0) is 131 Å². The zero-order valence-electron chi connectivity index (χ0n) is 36.0. The Labute approximate surface area is 381 Å². The van der Waals surface area contributed by atoms with Gasteiger partial charge >= 0.3 is 0 Å². The van der Waals surface area contributed by atoms with Gasteiger partial charge in [0.05, 0.1) is 22.1 Å². The van der Waals surface area contributed by atoms with E-state index in [1.807, 2.05) is 0 Å². The molecule has 66 heavy (non-hydrogen) atoms. The second-order valence-electron chi connectivity index (χ2n) is 17.6. The standard InChI is InChI=1S/C64H40N2/c1-2-17-42(18-3-1)47-36-37-54(49-21-7-6-20-48(47)49)64-56-35-33-45(65-59-26-12-8-22-50(59)51-23-9-13-27-60(51)65)39-57(56)63(44-31-30-41-16-4-5-19-43(41)38-44)55-34-32-46(40-58(55)64)66-61-28-14-10-24-52(61)53-25-11-15-29-62(53)66/h1-40H. The molecule has 306 valence electrons. The van der Waals surface area contributed by atoms with Crippen LogP contribution in [0.15, 0.2) is 243 Å². The first-order chi connectivity index (χ1) is 32.8. The molecule has 2 heteroatoms. The van der Waals surface area contributed by atoms with E-state index in [0.29, 0.717) is 0 Å². The lowest BCUT2D eigenvalue weighted by atomic mass is 9.83. The largest absolute Gasteiger partial charge is 0.309 e. The van der Waals surface area contributed by atoms with Gasteiger partial charge in [0.2, 0.25) is 0 Å². The fraction of sp³-hybridized carbons (Fsp3) is 0. The van der Waals surface area contributed by atoms with Gasteiger partial charge in [-0.1, -0.05) is 188 Å². The van der Waals surface area contributed by atoms with Crippen LogP contribution < -0.4 is 0 Å². The number of hydrogen-bond acceptors (Lipinski definition) is 0. The predicted molar refractivity (Wildman–Crippen MR) is 281 cm³/mol. The average Bonchev–Trinajstić information content (AvgIpc) is 3.91. The molecule has 0 spiro atoms. The van der Waals surface area contributed by atoms with Gasteiger partial charge in [-0.3, -0.25) is 0 Å². The third kappa shape index (κ3) is 5.42. The van der Waals surface area contributed by atoms with Gasteiger partial charge in [0.25, 0.3) is 0 Å². The number of para-hydroxylation sites is 4. The van der Waals surface area contributed by atoms with Crippen LogP contribution in [0.5, 0.6) is 0 Å². The van der Waals surface area contributed by atoms with Crippen molar-refractivity contribution in [3.8, 4) is 44.8 Å². The minimum Gasteiger partial charge on any atom is -0.309 e. The molecule has 2 aromatic heterocycles. The van der Waals surface area contributed by atoms with Crippen molar-refractivity contribution in [3.05, 3.63) is 243 Å². The quantitative estimate of drug-likeness (QED) is 0.153. The molecule has 0 unspecified atom stereocenters. The molecule has 14 rings (SSSR count). The minimum absolute atomic E-state index is 1.14. The summed E-state index contributed by atoms with van der Waals surface area (Å²) in [7, 11) is 0. The third-order valence-electron chi connectivity index (χ3n) is 14.1. The molecule has 0 saturated heterocycles. The first kappa shape index (κ1) is 36.7. The van der Waals surface area contributed by atoms with Crippen LogP contribution in [0.1, 0.15) is 0 Å². The molecule has 0 aliphatic carbocycles. The van der Waals surface area contributed by atoms with E-state index in [-0.39, 0.29) is 0 Å². The summed E-state index contributed by atoms with van der Waals surface area (Å²) in [5, 5.41) is 14.8. The molecule has 0 aliphatic rings. The Balaban J connectivity index is 1.16. The van der Waals surface area contributed by atoms with E-state index in [1.165, 1.54) is 120 Å². The Morgan fingerprint density at radius 2 is 0.636 bits per heavy atom. The van der Waals surface area contributed by atoms with Gasteiger partial charge in [-0.2, -0.15) is 0 Å². The Hall–Kier alpha value is -8.72. The number of aromatic nitrogens is 2. The molecule has 0 bridgehead atoms. The summed E-state index contributed by atoms with van der Waals surface area (Å²) in [6.45, 7) is 0. The second-order valence-corrected chi connectivity index (χ2v) is 17.6. The summed E-state index contributed by atoms with van der Waals surface area (Å²) >= 11 is 0. The Bertz CT molecular complexity index is 4170. The molecule has 0 fully saturated rings. The topological polar surface area (TPSA) is 9.86 Å². The van der Waals surface area contributed by atoms with Crippen LogP contribution in [-0.4, -0.2) is 9.13 Å². The first-order valence-corrected chi connectivity index (χ1v) is 22.8. The highest BCUT2D eigenvalue weighted by molar-refractivity contribution is 6.25. The minimum atomic E-state index is 1.14. The number of nitrogens with zero attached hydrogens (tertiary/aromatic N) is 2. The van der Waals surface area contributed by atoms with Crippen molar-refractivity contribution >= 4 is 86.7 Å². The van der Waals surface area contributed by atoms with E-state index >= 15 is 0 Å². The molecule has 2 nitrogen and oxygen atoms in total. The number of rotatable bonds is 5. The maximum absolute atomic E-state index is 2.47. The van der Waals surface area contributed by atoms with Crippen molar-refractivity contribution in [2.75, 3.05) is 0 Å². The summed E-state index contributed by atoms with van der Waals surface area (Å²) < 4.78 is 4.91. The van der Waals surface area contributed by atoms with Gasteiger partial charge in [0.1, 0.15) is 0 Å². The van der Waals surface area contributed by atoms with Crippen molar-refractivity contribution in [2.24, 2.45) is 0 Å². The fourth-order valence-corrected chi connectivity index (χ4v) is 11.2. The van der Waals surface area contributed by atoms with Crippen LogP contribution in [0.4, 0.5) is 0 Å². The molecule has 0 amide bonds. The van der Waals surface area contributed by atoms with Gasteiger partial charge in [0, 0.05) is 32.9 Å². The van der Waals surface area contributed by atoms with Gasteiger partial charge in [-0.15, -0.1) is 0 Å². The van der Waals surface area contributed by atoms with E-state index in [9.17, 15) is 0 Å². The molecule has 0 saturated carbocycles. The molecule has 0 N–H and O–H groups in total. The Morgan fingerprint density at radius 1 is 0.212 bits per heavy atom. The summed E-state index contributed by atoms with van der Waals surface area (Å²) in [6.07, 6.45) is 0. The van der Waals surface area contributed by atoms with Crippen molar-refractivity contribution in [1.29, 1.82) is 0 Å². The highest BCUT2D eigenvalue weighted by Gasteiger charge is 2.23. The highest BCUT2D eigenvalue weighted by atomic mass is 15.0. The summed E-state index contributed by atoms with van der Waals surface area (Å²) in [5.41, 5.74) is 14.4. The van der Waals surface area contributed by atoms with Crippen molar-refractivity contribution < 1.29 is 0 Å². The number of fused-ring (bicyclic) bond motifs is 10. The smallest absolute Gasteiger partial charge is 0.0541 e. The monoisotopic (exact) mass is 836 g/mol. The van der Waals surface area contributed by atoms with E-state index in [4.69, 9.17) is 0 Å². The molecule has 12 aromatic carbocycles. The maximum atomic E-state index is 2.47. The van der Waals surface area contributed by atoms with E-state index in [1.54, 1.807) is 0 Å². The van der Waals surface area contributed by atoms with Crippen molar-refractivity contribution in [1.82, 2.24) is 9.13 Å². The number of hydrogen-bond donors (Lipinski definition) is 0. The van der Waals surface area contributed by atoms with Gasteiger partial charge < -0.3 is 9.13 Å². The van der Waals surface area contributed by atoms with E-state index in [2.05, 4.69) is 252 Å². The third-order valence-corrected chi connectivity index (χ3v) is 14.1. The van der Waals surface area contributed by atoms with Crippen LogP contribution >= 0.6 is 0 Å². The molecule has 2 heterocycles. The van der Waals surface area contributed by atoms with Crippen LogP contribution in [-0.2, 0) is 0 Å². The van der Waals surface area contributed by atoms with Crippen LogP contribution in [0.3, 0.4) is 0 Å². The Kier molecular flexibility index (Phi) is 8.02. The zero-order chi connectivity index (χ0) is 43.3. The summed E-state index contributed by atoms with van der Waals surface area (Å²) in [6, 6.07) is 89.9. The Morgan fingerprint density at radius 3 is 1.20 bits per heavy atom. The van der Waals surface area contributed by atoms with Crippen LogP contribution in [0.2, 0.25) is 0 Å². The summed E-state index contributed by atoms with van der Waals surface area (Å²) in [5.74, 6) is 0. The first-order valence-electron chi connectivity index (χ1n) is 22.8. The molecule has 14 aromatic rings. The molecule has 0 aliphatic heterocycles. The number of benzene rings is 12.